The summed E-state index contributed by atoms with van der Waals surface area (Å²) < 4.78 is 23.1. The average molecular weight is 608 g/mol. The number of ether oxygens (including phenoxy) is 4. The number of methoxy groups -OCH3 is 3. The van der Waals surface area contributed by atoms with E-state index in [1.165, 1.54) is 45.6 Å². The summed E-state index contributed by atoms with van der Waals surface area (Å²) in [6.45, 7) is 0.717. The Morgan fingerprint density at radius 2 is 1.59 bits per heavy atom. The normalized spacial score (nSPS) is 19.4. The molecule has 3 heterocycles. The summed E-state index contributed by atoms with van der Waals surface area (Å²) >= 11 is 0. The number of amides is 2. The Bertz CT molecular complexity index is 1620. The van der Waals surface area contributed by atoms with Crippen molar-refractivity contribution >= 4 is 28.8 Å². The molecule has 0 spiro atoms. The Morgan fingerprint density at radius 1 is 0.932 bits per heavy atom. The number of carbonyl (C=O) groups excluding carboxylic acids is 2. The molecule has 2 amide bonds. The third-order valence-electron chi connectivity index (χ3n) is 7.24. The molecule has 4 atom stereocenters. The number of hydrogen-bond donors (Lipinski definition) is 5. The van der Waals surface area contributed by atoms with Crippen LogP contribution < -0.4 is 30.2 Å². The number of imidazole rings is 1. The van der Waals surface area contributed by atoms with Crippen LogP contribution in [0.5, 0.6) is 17.2 Å². The zero-order chi connectivity index (χ0) is 31.4. The molecule has 1 aliphatic heterocycles. The van der Waals surface area contributed by atoms with Crippen LogP contribution in [0.25, 0.3) is 11.2 Å². The molecule has 4 unspecified atom stereocenters. The molecule has 2 aromatic carbocycles. The van der Waals surface area contributed by atoms with Gasteiger partial charge in [-0.1, -0.05) is 24.3 Å². The lowest BCUT2D eigenvalue weighted by Crippen LogP contribution is -2.41. The van der Waals surface area contributed by atoms with Gasteiger partial charge in [-0.3, -0.25) is 14.2 Å². The maximum absolute atomic E-state index is 12.8. The van der Waals surface area contributed by atoms with Crippen LogP contribution in [0.2, 0.25) is 0 Å². The van der Waals surface area contributed by atoms with Crippen molar-refractivity contribution in [2.24, 2.45) is 0 Å². The fourth-order valence-electron chi connectivity index (χ4n) is 4.87. The minimum absolute atomic E-state index is 0.295. The number of hydrogen-bond acceptors (Lipinski definition) is 12. The number of fused-ring (bicyclic) bond motifs is 1. The van der Waals surface area contributed by atoms with Crippen molar-refractivity contribution in [3.8, 4) is 17.2 Å². The number of carbonyl (C=O) groups is 2. The van der Waals surface area contributed by atoms with Gasteiger partial charge in [0, 0.05) is 25.7 Å². The minimum atomic E-state index is -1.41. The Morgan fingerprint density at radius 3 is 2.20 bits per heavy atom. The van der Waals surface area contributed by atoms with Gasteiger partial charge in [0.15, 0.2) is 40.8 Å². The first-order valence-corrected chi connectivity index (χ1v) is 13.6. The average Bonchev–Trinajstić information content (AvgIpc) is 3.62. The topological polar surface area (TPSA) is 191 Å². The van der Waals surface area contributed by atoms with Gasteiger partial charge in [0.1, 0.15) is 18.5 Å². The van der Waals surface area contributed by atoms with Crippen LogP contribution in [0.15, 0.2) is 49.1 Å². The molecule has 1 aliphatic rings. The molecule has 5 rings (SSSR count). The molecule has 1 saturated heterocycles. The molecule has 4 aromatic rings. The Kier molecular flexibility index (Phi) is 9.08. The predicted octanol–water partition coefficient (Wildman–Crippen LogP) is 0.759. The lowest BCUT2D eigenvalue weighted by Gasteiger charge is -2.16. The number of nitrogens with one attached hydrogen (secondary N) is 3. The zero-order valence-corrected chi connectivity index (χ0v) is 24.5. The van der Waals surface area contributed by atoms with Crippen LogP contribution in [0.1, 0.15) is 27.7 Å². The standard InChI is InChI=1S/C29H33N7O8/c1-30-28(40)24-21(37)22(38)29(44-24)36-14-35-20-25(33-13-34-26(20)36)31-11-15-5-7-16(8-6-15)12-32-27(39)17-9-18(41-2)23(43-4)19(10-17)42-3/h5-10,13-14,21-22,24,29,37-38H,11-12H2,1-4H3,(H,30,40)(H,32,39)(H,31,33,34). The summed E-state index contributed by atoms with van der Waals surface area (Å²) in [5.74, 6) is 0.790. The lowest BCUT2D eigenvalue weighted by atomic mass is 10.1. The van der Waals surface area contributed by atoms with Gasteiger partial charge in [-0.2, -0.15) is 0 Å². The predicted molar refractivity (Wildman–Crippen MR) is 156 cm³/mol. The van der Waals surface area contributed by atoms with E-state index in [4.69, 9.17) is 18.9 Å². The van der Waals surface area contributed by atoms with E-state index >= 15 is 0 Å². The molecule has 0 aliphatic carbocycles. The van der Waals surface area contributed by atoms with Gasteiger partial charge in [-0.05, 0) is 23.3 Å². The highest BCUT2D eigenvalue weighted by atomic mass is 16.6. The Labute approximate surface area is 252 Å². The molecule has 2 aromatic heterocycles. The number of aliphatic hydroxyl groups excluding tert-OH is 2. The monoisotopic (exact) mass is 607 g/mol. The third kappa shape index (κ3) is 5.92. The minimum Gasteiger partial charge on any atom is -0.493 e. The zero-order valence-electron chi connectivity index (χ0n) is 24.5. The molecule has 0 radical (unpaired) electrons. The highest BCUT2D eigenvalue weighted by molar-refractivity contribution is 5.95. The number of aliphatic hydroxyl groups is 2. The van der Waals surface area contributed by atoms with Gasteiger partial charge in [0.25, 0.3) is 11.8 Å². The van der Waals surface area contributed by atoms with Crippen LogP contribution in [0.3, 0.4) is 0 Å². The second kappa shape index (κ2) is 13.1. The van der Waals surface area contributed by atoms with Crippen LogP contribution >= 0.6 is 0 Å². The summed E-state index contributed by atoms with van der Waals surface area (Å²) in [5.41, 5.74) is 2.99. The fourth-order valence-corrected chi connectivity index (χ4v) is 4.87. The summed E-state index contributed by atoms with van der Waals surface area (Å²) in [6.07, 6.45) is -2.33. The van der Waals surface area contributed by atoms with Crippen molar-refractivity contribution in [3.05, 3.63) is 65.7 Å². The van der Waals surface area contributed by atoms with Gasteiger partial charge in [-0.25, -0.2) is 15.0 Å². The van der Waals surface area contributed by atoms with E-state index in [0.717, 1.165) is 11.1 Å². The molecule has 232 valence electrons. The molecule has 15 nitrogen and oxygen atoms in total. The number of rotatable bonds is 11. The molecule has 5 N–H and O–H groups in total. The Hall–Kier alpha value is -4.99. The van der Waals surface area contributed by atoms with Gasteiger partial charge in [0.2, 0.25) is 5.75 Å². The maximum Gasteiger partial charge on any atom is 0.251 e. The molecule has 0 bridgehead atoms. The highest BCUT2D eigenvalue weighted by Crippen LogP contribution is 2.38. The van der Waals surface area contributed by atoms with E-state index in [1.807, 2.05) is 24.3 Å². The van der Waals surface area contributed by atoms with Crippen LogP contribution in [0, 0.1) is 0 Å². The van der Waals surface area contributed by atoms with Crippen molar-refractivity contribution in [1.82, 2.24) is 30.2 Å². The first-order valence-electron chi connectivity index (χ1n) is 13.6. The van der Waals surface area contributed by atoms with E-state index in [2.05, 4.69) is 30.9 Å². The van der Waals surface area contributed by atoms with Crippen LogP contribution in [0.4, 0.5) is 5.82 Å². The summed E-state index contributed by atoms with van der Waals surface area (Å²) in [4.78, 5) is 37.8. The van der Waals surface area contributed by atoms with Crippen LogP contribution in [-0.4, -0.2) is 88.2 Å². The molecule has 44 heavy (non-hydrogen) atoms. The third-order valence-corrected chi connectivity index (χ3v) is 7.24. The van der Waals surface area contributed by atoms with E-state index in [1.54, 1.807) is 12.1 Å². The Balaban J connectivity index is 1.21. The number of nitrogens with zero attached hydrogens (tertiary/aromatic N) is 4. The molecular weight excluding hydrogens is 574 g/mol. The smallest absolute Gasteiger partial charge is 0.251 e. The van der Waals surface area contributed by atoms with Gasteiger partial charge >= 0.3 is 0 Å². The maximum atomic E-state index is 12.8. The molecule has 15 heteroatoms. The van der Waals surface area contributed by atoms with E-state index in [0.29, 0.717) is 52.9 Å². The van der Waals surface area contributed by atoms with E-state index in [-0.39, 0.29) is 5.91 Å². The SMILES string of the molecule is CNC(=O)C1OC(n2cnc3c(NCc4ccc(CNC(=O)c5cc(OC)c(OC)c(OC)c5)cc4)ncnc32)C(O)C1O. The van der Waals surface area contributed by atoms with Crippen LogP contribution in [-0.2, 0) is 22.6 Å². The van der Waals surface area contributed by atoms with E-state index in [9.17, 15) is 19.8 Å². The number of aromatic nitrogens is 4. The summed E-state index contributed by atoms with van der Waals surface area (Å²) in [5, 5.41) is 29.4. The largest absolute Gasteiger partial charge is 0.493 e. The second-order valence-electron chi connectivity index (χ2n) is 9.86. The molecule has 1 fully saturated rings. The number of benzene rings is 2. The number of likely N-dealkylation sites (N-methyl/N-ethyl adjacent to an activating group) is 1. The quantitative estimate of drug-likeness (QED) is 0.161. The first-order chi connectivity index (χ1) is 21.3. The van der Waals surface area contributed by atoms with Gasteiger partial charge in [-0.15, -0.1) is 0 Å². The first kappa shape index (κ1) is 30.5. The van der Waals surface area contributed by atoms with Crippen molar-refractivity contribution in [2.45, 2.75) is 37.6 Å². The van der Waals surface area contributed by atoms with Gasteiger partial charge < -0.3 is 45.1 Å². The van der Waals surface area contributed by atoms with Crippen molar-refractivity contribution < 1.29 is 38.7 Å². The fraction of sp³-hybridized carbons (Fsp3) is 0.345. The molecular formula is C29H33N7O8. The van der Waals surface area contributed by atoms with E-state index < -0.39 is 30.4 Å². The molecule has 0 saturated carbocycles. The van der Waals surface area contributed by atoms with Gasteiger partial charge in [0.05, 0.1) is 27.7 Å². The lowest BCUT2D eigenvalue weighted by molar-refractivity contribution is -0.137. The summed E-state index contributed by atoms with van der Waals surface area (Å²) in [6, 6.07) is 10.8. The van der Waals surface area contributed by atoms with Crippen molar-refractivity contribution in [2.75, 3.05) is 33.7 Å². The van der Waals surface area contributed by atoms with Crippen molar-refractivity contribution in [3.63, 3.8) is 0 Å². The number of anilines is 1. The highest BCUT2D eigenvalue weighted by Gasteiger charge is 2.47. The second-order valence-corrected chi connectivity index (χ2v) is 9.86. The van der Waals surface area contributed by atoms with Crippen molar-refractivity contribution in [1.29, 1.82) is 0 Å². The summed E-state index contributed by atoms with van der Waals surface area (Å²) in [7, 11) is 5.89.